The van der Waals surface area contributed by atoms with Crippen molar-refractivity contribution in [1.29, 1.82) is 0 Å². The van der Waals surface area contributed by atoms with Crippen molar-refractivity contribution in [3.63, 3.8) is 0 Å². The smallest absolute Gasteiger partial charge is 0.222 e. The minimum Gasteiger partial charge on any atom is -0.354 e. The Labute approximate surface area is 93.2 Å². The lowest BCUT2D eigenvalue weighted by molar-refractivity contribution is 0.978. The van der Waals surface area contributed by atoms with E-state index in [0.717, 1.165) is 18.7 Å². The van der Waals surface area contributed by atoms with Crippen LogP contribution in [0, 0.1) is 6.92 Å². The first kappa shape index (κ1) is 10.1. The van der Waals surface area contributed by atoms with Crippen LogP contribution in [0.25, 0.3) is 0 Å². The monoisotopic (exact) mass is 219 g/mol. The summed E-state index contributed by atoms with van der Waals surface area (Å²) in [4.78, 5) is 8.41. The Morgan fingerprint density at radius 2 is 2.33 bits per heavy atom. The van der Waals surface area contributed by atoms with Crippen molar-refractivity contribution in [2.45, 2.75) is 13.3 Å². The zero-order valence-corrected chi connectivity index (χ0v) is 9.42. The quantitative estimate of drug-likeness (QED) is 0.858. The van der Waals surface area contributed by atoms with Crippen LogP contribution in [0.3, 0.4) is 0 Å². The van der Waals surface area contributed by atoms with Crippen LogP contribution >= 0.6 is 11.3 Å². The van der Waals surface area contributed by atoms with Gasteiger partial charge in [0.15, 0.2) is 0 Å². The van der Waals surface area contributed by atoms with E-state index < -0.39 is 0 Å². The van der Waals surface area contributed by atoms with Gasteiger partial charge in [-0.05, 0) is 41.8 Å². The molecule has 2 rings (SSSR count). The number of nitrogens with zero attached hydrogens (tertiary/aromatic N) is 2. The summed E-state index contributed by atoms with van der Waals surface area (Å²) in [6.07, 6.45) is 2.79. The maximum Gasteiger partial charge on any atom is 0.222 e. The molecule has 15 heavy (non-hydrogen) atoms. The van der Waals surface area contributed by atoms with E-state index >= 15 is 0 Å². The molecule has 0 aliphatic carbocycles. The van der Waals surface area contributed by atoms with Crippen LogP contribution in [0.5, 0.6) is 0 Å². The van der Waals surface area contributed by atoms with Crippen LogP contribution < -0.4 is 5.32 Å². The highest BCUT2D eigenvalue weighted by Gasteiger charge is 1.96. The molecule has 0 bridgehead atoms. The van der Waals surface area contributed by atoms with Crippen molar-refractivity contribution >= 4 is 17.3 Å². The summed E-state index contributed by atoms with van der Waals surface area (Å²) in [7, 11) is 0. The molecule has 78 valence electrons. The highest BCUT2D eigenvalue weighted by atomic mass is 32.1. The number of aromatic nitrogens is 2. The highest BCUT2D eigenvalue weighted by molar-refractivity contribution is 7.07. The molecule has 2 heterocycles. The minimum absolute atomic E-state index is 0.713. The van der Waals surface area contributed by atoms with E-state index in [0.29, 0.717) is 5.95 Å². The molecule has 0 aliphatic heterocycles. The van der Waals surface area contributed by atoms with Crippen LogP contribution in [0.2, 0.25) is 0 Å². The predicted molar refractivity (Wildman–Crippen MR) is 63.3 cm³/mol. The molecule has 0 amide bonds. The van der Waals surface area contributed by atoms with E-state index in [1.165, 1.54) is 5.56 Å². The Bertz CT molecular complexity index is 412. The van der Waals surface area contributed by atoms with Gasteiger partial charge in [-0.3, -0.25) is 0 Å². The Morgan fingerprint density at radius 1 is 1.40 bits per heavy atom. The lowest BCUT2D eigenvalue weighted by Gasteiger charge is -2.03. The molecular weight excluding hydrogens is 206 g/mol. The van der Waals surface area contributed by atoms with E-state index in [-0.39, 0.29) is 0 Å². The SMILES string of the molecule is Cc1ccnc(NCCc2ccsc2)n1. The van der Waals surface area contributed by atoms with Gasteiger partial charge in [-0.1, -0.05) is 0 Å². The van der Waals surface area contributed by atoms with Crippen LogP contribution in [0.1, 0.15) is 11.3 Å². The van der Waals surface area contributed by atoms with Gasteiger partial charge in [-0.25, -0.2) is 9.97 Å². The zero-order chi connectivity index (χ0) is 10.5. The summed E-state index contributed by atoms with van der Waals surface area (Å²) in [5.74, 6) is 0.713. The molecule has 0 spiro atoms. The molecule has 0 radical (unpaired) electrons. The topological polar surface area (TPSA) is 37.8 Å². The summed E-state index contributed by atoms with van der Waals surface area (Å²) in [6, 6.07) is 4.04. The lowest BCUT2D eigenvalue weighted by atomic mass is 10.2. The number of hydrogen-bond acceptors (Lipinski definition) is 4. The first-order chi connectivity index (χ1) is 7.34. The molecule has 0 aromatic carbocycles. The van der Waals surface area contributed by atoms with Crippen molar-refractivity contribution in [3.05, 3.63) is 40.3 Å². The predicted octanol–water partition coefficient (Wildman–Crippen LogP) is 2.50. The number of nitrogens with one attached hydrogen (secondary N) is 1. The molecule has 0 saturated carbocycles. The van der Waals surface area contributed by atoms with Gasteiger partial charge in [0.2, 0.25) is 5.95 Å². The fourth-order valence-electron chi connectivity index (χ4n) is 1.29. The van der Waals surface area contributed by atoms with Crippen molar-refractivity contribution in [1.82, 2.24) is 9.97 Å². The van der Waals surface area contributed by atoms with E-state index in [1.54, 1.807) is 17.5 Å². The van der Waals surface area contributed by atoms with E-state index in [2.05, 4.69) is 32.1 Å². The first-order valence-electron chi connectivity index (χ1n) is 4.89. The molecular formula is C11H13N3S. The fourth-order valence-corrected chi connectivity index (χ4v) is 1.99. The third kappa shape index (κ3) is 3.02. The number of thiophene rings is 1. The molecule has 0 unspecified atom stereocenters. The van der Waals surface area contributed by atoms with Crippen LogP contribution in [-0.2, 0) is 6.42 Å². The van der Waals surface area contributed by atoms with Crippen molar-refractivity contribution in [2.75, 3.05) is 11.9 Å². The van der Waals surface area contributed by atoms with E-state index in [9.17, 15) is 0 Å². The van der Waals surface area contributed by atoms with Crippen molar-refractivity contribution in [2.24, 2.45) is 0 Å². The largest absolute Gasteiger partial charge is 0.354 e. The lowest BCUT2D eigenvalue weighted by Crippen LogP contribution is -2.07. The Balaban J connectivity index is 1.83. The zero-order valence-electron chi connectivity index (χ0n) is 8.60. The van der Waals surface area contributed by atoms with Gasteiger partial charge in [0.1, 0.15) is 0 Å². The maximum absolute atomic E-state index is 4.27. The molecule has 2 aromatic rings. The minimum atomic E-state index is 0.713. The molecule has 3 nitrogen and oxygen atoms in total. The number of rotatable bonds is 4. The van der Waals surface area contributed by atoms with Crippen LogP contribution in [-0.4, -0.2) is 16.5 Å². The number of anilines is 1. The molecule has 4 heteroatoms. The third-order valence-corrected chi connectivity index (χ3v) is 2.80. The second-order valence-corrected chi connectivity index (χ2v) is 4.11. The molecule has 2 aromatic heterocycles. The first-order valence-corrected chi connectivity index (χ1v) is 5.83. The molecule has 0 aliphatic rings. The number of aryl methyl sites for hydroxylation is 1. The molecule has 0 atom stereocenters. The van der Waals surface area contributed by atoms with Gasteiger partial charge in [0.25, 0.3) is 0 Å². The Kier molecular flexibility index (Phi) is 3.29. The average Bonchev–Trinajstić information content (AvgIpc) is 2.71. The molecule has 0 saturated heterocycles. The average molecular weight is 219 g/mol. The van der Waals surface area contributed by atoms with E-state index in [1.807, 2.05) is 13.0 Å². The van der Waals surface area contributed by atoms with Crippen molar-refractivity contribution in [3.8, 4) is 0 Å². The van der Waals surface area contributed by atoms with Gasteiger partial charge in [-0.15, -0.1) is 0 Å². The normalized spacial score (nSPS) is 10.2. The highest BCUT2D eigenvalue weighted by Crippen LogP contribution is 2.06. The van der Waals surface area contributed by atoms with Gasteiger partial charge in [-0.2, -0.15) is 11.3 Å². The van der Waals surface area contributed by atoms with Crippen LogP contribution in [0.4, 0.5) is 5.95 Å². The van der Waals surface area contributed by atoms with Gasteiger partial charge in [0.05, 0.1) is 0 Å². The maximum atomic E-state index is 4.27. The third-order valence-electron chi connectivity index (χ3n) is 2.07. The van der Waals surface area contributed by atoms with Gasteiger partial charge < -0.3 is 5.32 Å². The summed E-state index contributed by atoms with van der Waals surface area (Å²) in [6.45, 7) is 2.84. The van der Waals surface area contributed by atoms with Crippen molar-refractivity contribution < 1.29 is 0 Å². The van der Waals surface area contributed by atoms with Crippen LogP contribution in [0.15, 0.2) is 29.1 Å². The summed E-state index contributed by atoms with van der Waals surface area (Å²) in [5.41, 5.74) is 2.35. The summed E-state index contributed by atoms with van der Waals surface area (Å²) >= 11 is 1.73. The Hall–Kier alpha value is -1.42. The fraction of sp³-hybridized carbons (Fsp3) is 0.273. The summed E-state index contributed by atoms with van der Waals surface area (Å²) < 4.78 is 0. The van der Waals surface area contributed by atoms with E-state index in [4.69, 9.17) is 0 Å². The van der Waals surface area contributed by atoms with Gasteiger partial charge in [0, 0.05) is 18.4 Å². The second kappa shape index (κ2) is 4.89. The molecule has 0 fully saturated rings. The standard InChI is InChI=1S/C11H13N3S/c1-9-2-5-12-11(14-9)13-6-3-10-4-7-15-8-10/h2,4-5,7-8H,3,6H2,1H3,(H,12,13,14). The second-order valence-electron chi connectivity index (χ2n) is 3.33. The molecule has 1 N–H and O–H groups in total. The summed E-state index contributed by atoms with van der Waals surface area (Å²) in [5, 5.41) is 7.47. The number of hydrogen-bond donors (Lipinski definition) is 1. The van der Waals surface area contributed by atoms with Gasteiger partial charge >= 0.3 is 0 Å². The Morgan fingerprint density at radius 3 is 3.07 bits per heavy atom.